The summed E-state index contributed by atoms with van der Waals surface area (Å²) in [6.45, 7) is 0. The molecule has 26 heavy (non-hydrogen) atoms. The van der Waals surface area contributed by atoms with Crippen LogP contribution < -0.4 is 4.74 Å². The first-order chi connectivity index (χ1) is 12.7. The minimum atomic E-state index is -0.873. The molecule has 0 saturated heterocycles. The molecule has 2 saturated carbocycles. The summed E-state index contributed by atoms with van der Waals surface area (Å²) >= 11 is 0. The average molecular weight is 360 g/mol. The Morgan fingerprint density at radius 2 is 1.58 bits per heavy atom. The van der Waals surface area contributed by atoms with Crippen LogP contribution in [0.4, 0.5) is 8.78 Å². The van der Waals surface area contributed by atoms with Gasteiger partial charge in [0, 0.05) is 5.56 Å². The summed E-state index contributed by atoms with van der Waals surface area (Å²) in [4.78, 5) is 0. The number of halogens is 2. The first-order valence-corrected chi connectivity index (χ1v) is 10.4. The molecule has 0 radical (unpaired) electrons. The van der Waals surface area contributed by atoms with Gasteiger partial charge in [0.05, 0.1) is 7.11 Å². The van der Waals surface area contributed by atoms with E-state index in [1.165, 1.54) is 58.1 Å². The van der Waals surface area contributed by atoms with Gasteiger partial charge in [-0.05, 0) is 79.9 Å². The minimum Gasteiger partial charge on any atom is -0.494 e. The molecule has 0 aromatic heterocycles. The van der Waals surface area contributed by atoms with Crippen LogP contribution in [-0.2, 0) is 0 Å². The normalized spacial score (nSPS) is 29.3. The monoisotopic (exact) mass is 360 g/mol. The van der Waals surface area contributed by atoms with Crippen molar-refractivity contribution in [3.63, 3.8) is 0 Å². The molecular formula is C23H30F2O. The Morgan fingerprint density at radius 1 is 0.885 bits per heavy atom. The average Bonchev–Trinajstić information content (AvgIpc) is 3.49. The molecule has 1 unspecified atom stereocenters. The fourth-order valence-corrected chi connectivity index (χ4v) is 5.18. The molecule has 1 nitrogen and oxygen atoms in total. The van der Waals surface area contributed by atoms with Crippen LogP contribution in [0.5, 0.6) is 5.75 Å². The Morgan fingerprint density at radius 3 is 2.15 bits per heavy atom. The topological polar surface area (TPSA) is 9.23 Å². The highest BCUT2D eigenvalue weighted by molar-refractivity contribution is 5.67. The highest BCUT2D eigenvalue weighted by Crippen LogP contribution is 2.45. The standard InChI is InChI=1S/C23H30F2O/c1-26-21-13-12-20(22(24)23(21)25)19-10-8-18(9-11-19)17-6-4-16(5-7-17)14-15-2-3-15/h10,12-13,15-18H,2-9,11,14H2,1H3. The third-order valence-electron chi connectivity index (χ3n) is 6.99. The summed E-state index contributed by atoms with van der Waals surface area (Å²) in [7, 11) is 1.36. The van der Waals surface area contributed by atoms with Crippen molar-refractivity contribution in [1.29, 1.82) is 0 Å². The predicted molar refractivity (Wildman–Crippen MR) is 101 cm³/mol. The molecule has 1 aromatic carbocycles. The minimum absolute atomic E-state index is 0.0245. The third-order valence-corrected chi connectivity index (χ3v) is 6.99. The Labute approximate surface area is 155 Å². The summed E-state index contributed by atoms with van der Waals surface area (Å²) in [5, 5.41) is 0. The van der Waals surface area contributed by atoms with Crippen LogP contribution in [0.1, 0.15) is 69.8 Å². The number of methoxy groups -OCH3 is 1. The number of hydrogen-bond acceptors (Lipinski definition) is 1. The molecule has 3 aliphatic rings. The molecule has 0 heterocycles. The van der Waals surface area contributed by atoms with Crippen molar-refractivity contribution in [3.8, 4) is 5.75 Å². The van der Waals surface area contributed by atoms with Gasteiger partial charge in [0.2, 0.25) is 5.82 Å². The van der Waals surface area contributed by atoms with Crippen molar-refractivity contribution in [2.24, 2.45) is 23.7 Å². The largest absolute Gasteiger partial charge is 0.494 e. The second-order valence-electron chi connectivity index (χ2n) is 8.67. The van der Waals surface area contributed by atoms with E-state index in [0.717, 1.165) is 48.5 Å². The van der Waals surface area contributed by atoms with Gasteiger partial charge in [-0.2, -0.15) is 4.39 Å². The zero-order chi connectivity index (χ0) is 18.1. The van der Waals surface area contributed by atoms with E-state index in [4.69, 9.17) is 4.74 Å². The van der Waals surface area contributed by atoms with Crippen molar-refractivity contribution in [2.75, 3.05) is 7.11 Å². The molecule has 0 aliphatic heterocycles. The molecule has 1 atom stereocenters. The Hall–Kier alpha value is -1.38. The molecule has 0 spiro atoms. The van der Waals surface area contributed by atoms with E-state index in [2.05, 4.69) is 6.08 Å². The van der Waals surface area contributed by atoms with E-state index in [9.17, 15) is 8.78 Å². The SMILES string of the molecule is COc1ccc(C2=CCC(C3CCC(CC4CC4)CC3)CC2)c(F)c1F. The molecule has 3 heteroatoms. The zero-order valence-electron chi connectivity index (χ0n) is 15.8. The van der Waals surface area contributed by atoms with Gasteiger partial charge in [-0.15, -0.1) is 0 Å². The molecule has 3 aliphatic carbocycles. The van der Waals surface area contributed by atoms with Crippen molar-refractivity contribution < 1.29 is 13.5 Å². The zero-order valence-corrected chi connectivity index (χ0v) is 15.8. The van der Waals surface area contributed by atoms with Crippen LogP contribution in [0.15, 0.2) is 18.2 Å². The summed E-state index contributed by atoms with van der Waals surface area (Å²) < 4.78 is 33.2. The smallest absolute Gasteiger partial charge is 0.201 e. The van der Waals surface area contributed by atoms with Gasteiger partial charge in [-0.1, -0.05) is 31.8 Å². The number of allylic oxidation sites excluding steroid dienone is 2. The van der Waals surface area contributed by atoms with Crippen molar-refractivity contribution >= 4 is 5.57 Å². The summed E-state index contributed by atoms with van der Waals surface area (Å²) in [6, 6.07) is 3.19. The maximum atomic E-state index is 14.3. The van der Waals surface area contributed by atoms with Crippen LogP contribution >= 0.6 is 0 Å². The van der Waals surface area contributed by atoms with Gasteiger partial charge < -0.3 is 4.74 Å². The quantitative estimate of drug-likeness (QED) is 0.563. The Bertz CT molecular complexity index is 669. The van der Waals surface area contributed by atoms with E-state index in [-0.39, 0.29) is 5.75 Å². The summed E-state index contributed by atoms with van der Waals surface area (Å²) in [5.41, 5.74) is 1.37. The Balaban J connectivity index is 1.36. The van der Waals surface area contributed by atoms with Crippen LogP contribution in [0.25, 0.3) is 5.57 Å². The number of hydrogen-bond donors (Lipinski definition) is 0. The second-order valence-corrected chi connectivity index (χ2v) is 8.67. The fourth-order valence-electron chi connectivity index (χ4n) is 5.18. The van der Waals surface area contributed by atoms with E-state index >= 15 is 0 Å². The van der Waals surface area contributed by atoms with Gasteiger partial charge in [-0.3, -0.25) is 0 Å². The van der Waals surface area contributed by atoms with Crippen molar-refractivity contribution in [3.05, 3.63) is 35.4 Å². The predicted octanol–water partition coefficient (Wildman–Crippen LogP) is 6.76. The van der Waals surface area contributed by atoms with Gasteiger partial charge in [0.25, 0.3) is 0 Å². The molecule has 0 amide bonds. The lowest BCUT2D eigenvalue weighted by Crippen LogP contribution is -2.23. The van der Waals surface area contributed by atoms with Crippen LogP contribution in [0.3, 0.4) is 0 Å². The highest BCUT2D eigenvalue weighted by atomic mass is 19.2. The summed E-state index contributed by atoms with van der Waals surface area (Å²) in [5.74, 6) is 1.92. The second kappa shape index (κ2) is 7.70. The molecule has 0 N–H and O–H groups in total. The van der Waals surface area contributed by atoms with Gasteiger partial charge >= 0.3 is 0 Å². The molecule has 1 aromatic rings. The lowest BCUT2D eigenvalue weighted by atomic mass is 9.70. The van der Waals surface area contributed by atoms with Crippen LogP contribution in [-0.4, -0.2) is 7.11 Å². The van der Waals surface area contributed by atoms with Crippen molar-refractivity contribution in [1.82, 2.24) is 0 Å². The van der Waals surface area contributed by atoms with Crippen LogP contribution in [0.2, 0.25) is 0 Å². The van der Waals surface area contributed by atoms with Crippen LogP contribution in [0, 0.1) is 35.3 Å². The molecule has 0 bridgehead atoms. The maximum absolute atomic E-state index is 14.3. The first-order valence-electron chi connectivity index (χ1n) is 10.4. The van der Waals surface area contributed by atoms with E-state index in [0.29, 0.717) is 5.56 Å². The van der Waals surface area contributed by atoms with Crippen molar-refractivity contribution in [2.45, 2.75) is 64.2 Å². The van der Waals surface area contributed by atoms with Gasteiger partial charge in [-0.25, -0.2) is 4.39 Å². The molecular weight excluding hydrogens is 330 g/mol. The van der Waals surface area contributed by atoms with Gasteiger partial charge in [0.15, 0.2) is 11.6 Å². The lowest BCUT2D eigenvalue weighted by molar-refractivity contribution is 0.186. The fraction of sp³-hybridized carbons (Fsp3) is 0.652. The summed E-state index contributed by atoms with van der Waals surface area (Å²) in [6.07, 6.45) is 15.1. The first kappa shape index (κ1) is 18.0. The number of benzene rings is 1. The van der Waals surface area contributed by atoms with E-state index in [1.54, 1.807) is 6.07 Å². The lowest BCUT2D eigenvalue weighted by Gasteiger charge is -2.35. The molecule has 2 fully saturated rings. The number of ether oxygens (including phenoxy) is 1. The van der Waals surface area contributed by atoms with E-state index in [1.807, 2.05) is 0 Å². The third kappa shape index (κ3) is 3.82. The number of rotatable bonds is 5. The highest BCUT2D eigenvalue weighted by Gasteiger charge is 2.32. The van der Waals surface area contributed by atoms with E-state index < -0.39 is 11.6 Å². The maximum Gasteiger partial charge on any atom is 0.201 e. The molecule has 4 rings (SSSR count). The molecule has 142 valence electrons. The Kier molecular flexibility index (Phi) is 5.33. The van der Waals surface area contributed by atoms with Gasteiger partial charge in [0.1, 0.15) is 0 Å².